The fraction of sp³-hybridized carbons (Fsp3) is 0.556. The summed E-state index contributed by atoms with van der Waals surface area (Å²) in [6.45, 7) is 0. The summed E-state index contributed by atoms with van der Waals surface area (Å²) in [5, 5.41) is 12.1. The summed E-state index contributed by atoms with van der Waals surface area (Å²) in [7, 11) is -4.32. The predicted octanol–water partition coefficient (Wildman–Crippen LogP) is 2.12. The van der Waals surface area contributed by atoms with E-state index >= 15 is 0 Å². The standard InChI is InChI=1S/C18H21FN2O5S/c19-12-9-13-10(5-6-17(22)20-13)8-16(12)27(25,26)21-14-4-2-1-3-11(14)7-15(21)18(23)24/h8-9,11,14-15H,1-7H2,(H,20,22)(H,23,24). The molecule has 1 saturated heterocycles. The van der Waals surface area contributed by atoms with Crippen LogP contribution in [0.3, 0.4) is 0 Å². The third-order valence-corrected chi connectivity index (χ3v) is 7.87. The van der Waals surface area contributed by atoms with Crippen molar-refractivity contribution in [2.75, 3.05) is 5.32 Å². The van der Waals surface area contributed by atoms with E-state index in [1.54, 1.807) is 0 Å². The largest absolute Gasteiger partial charge is 0.480 e. The topological polar surface area (TPSA) is 104 Å². The molecule has 1 aromatic carbocycles. The molecule has 1 saturated carbocycles. The van der Waals surface area contributed by atoms with Crippen molar-refractivity contribution < 1.29 is 27.5 Å². The van der Waals surface area contributed by atoms with E-state index in [-0.39, 0.29) is 30.4 Å². The lowest BCUT2D eigenvalue weighted by Gasteiger charge is -2.32. The van der Waals surface area contributed by atoms with E-state index in [0.29, 0.717) is 18.4 Å². The Balaban J connectivity index is 1.78. The second-order valence-corrected chi connectivity index (χ2v) is 9.34. The Bertz CT molecular complexity index is 917. The van der Waals surface area contributed by atoms with Crippen molar-refractivity contribution in [3.63, 3.8) is 0 Å². The Hall–Kier alpha value is -2.00. The maximum atomic E-state index is 14.7. The lowest BCUT2D eigenvalue weighted by atomic mass is 9.85. The van der Waals surface area contributed by atoms with E-state index in [9.17, 15) is 27.5 Å². The molecule has 146 valence electrons. The number of carboxylic acids is 1. The Morgan fingerprint density at radius 3 is 2.70 bits per heavy atom. The highest BCUT2D eigenvalue weighted by atomic mass is 32.2. The van der Waals surface area contributed by atoms with Crippen LogP contribution in [0.15, 0.2) is 17.0 Å². The maximum Gasteiger partial charge on any atom is 0.322 e. The van der Waals surface area contributed by atoms with E-state index in [1.807, 2.05) is 0 Å². The van der Waals surface area contributed by atoms with Crippen molar-refractivity contribution in [2.45, 2.75) is 61.9 Å². The number of aliphatic carboxylic acids is 1. The summed E-state index contributed by atoms with van der Waals surface area (Å²) < 4.78 is 42.4. The summed E-state index contributed by atoms with van der Waals surface area (Å²) in [6.07, 6.45) is 3.95. The first kappa shape index (κ1) is 18.4. The number of carbonyl (C=O) groups excluding carboxylic acids is 1. The number of carboxylic acid groups (broad SMARTS) is 1. The van der Waals surface area contributed by atoms with Gasteiger partial charge in [0.2, 0.25) is 15.9 Å². The number of halogens is 1. The van der Waals surface area contributed by atoms with E-state index in [2.05, 4.69) is 5.32 Å². The Labute approximate surface area is 156 Å². The van der Waals surface area contributed by atoms with Crippen LogP contribution in [0.4, 0.5) is 10.1 Å². The fourth-order valence-electron chi connectivity index (χ4n) is 4.67. The first-order valence-electron chi connectivity index (χ1n) is 9.17. The number of carbonyl (C=O) groups is 2. The molecule has 0 bridgehead atoms. The molecule has 1 aliphatic carbocycles. The third-order valence-electron chi connectivity index (χ3n) is 5.92. The van der Waals surface area contributed by atoms with Crippen LogP contribution in [0.25, 0.3) is 0 Å². The molecule has 3 aliphatic rings. The minimum Gasteiger partial charge on any atom is -0.480 e. The van der Waals surface area contributed by atoms with Gasteiger partial charge in [-0.3, -0.25) is 9.59 Å². The predicted molar refractivity (Wildman–Crippen MR) is 94.2 cm³/mol. The lowest BCUT2D eigenvalue weighted by molar-refractivity contribution is -0.141. The van der Waals surface area contributed by atoms with Gasteiger partial charge in [-0.15, -0.1) is 0 Å². The lowest BCUT2D eigenvalue weighted by Crippen LogP contribution is -2.46. The number of amides is 1. The number of nitrogens with one attached hydrogen (secondary N) is 1. The van der Waals surface area contributed by atoms with Gasteiger partial charge < -0.3 is 10.4 Å². The molecule has 4 rings (SSSR count). The van der Waals surface area contributed by atoms with Crippen LogP contribution in [0.1, 0.15) is 44.1 Å². The number of rotatable bonds is 3. The van der Waals surface area contributed by atoms with Crippen LogP contribution in [0, 0.1) is 11.7 Å². The summed E-state index contributed by atoms with van der Waals surface area (Å²) in [5.74, 6) is -2.42. The van der Waals surface area contributed by atoms with Gasteiger partial charge in [0.1, 0.15) is 16.8 Å². The number of sulfonamides is 1. The zero-order valence-corrected chi connectivity index (χ0v) is 15.5. The van der Waals surface area contributed by atoms with Gasteiger partial charge in [-0.1, -0.05) is 12.8 Å². The van der Waals surface area contributed by atoms with Gasteiger partial charge in [0.25, 0.3) is 0 Å². The minimum atomic E-state index is -4.32. The van der Waals surface area contributed by atoms with Crippen molar-refractivity contribution >= 4 is 27.6 Å². The molecular formula is C18H21FN2O5S. The first-order valence-corrected chi connectivity index (χ1v) is 10.6. The summed E-state index contributed by atoms with van der Waals surface area (Å²) in [6, 6.07) is 0.691. The monoisotopic (exact) mass is 396 g/mol. The van der Waals surface area contributed by atoms with Crippen molar-refractivity contribution in [3.05, 3.63) is 23.5 Å². The van der Waals surface area contributed by atoms with Crippen LogP contribution >= 0.6 is 0 Å². The first-order chi connectivity index (χ1) is 12.8. The fourth-order valence-corrected chi connectivity index (χ4v) is 6.64. The molecule has 27 heavy (non-hydrogen) atoms. The molecule has 2 aliphatic heterocycles. The van der Waals surface area contributed by atoms with E-state index in [1.165, 1.54) is 6.07 Å². The van der Waals surface area contributed by atoms with Crippen molar-refractivity contribution in [1.29, 1.82) is 0 Å². The van der Waals surface area contributed by atoms with Gasteiger partial charge in [0.05, 0.1) is 0 Å². The Morgan fingerprint density at radius 2 is 1.96 bits per heavy atom. The normalized spacial score (nSPS) is 28.3. The van der Waals surface area contributed by atoms with Crippen LogP contribution in [0.2, 0.25) is 0 Å². The highest BCUT2D eigenvalue weighted by Gasteiger charge is 2.51. The van der Waals surface area contributed by atoms with Crippen molar-refractivity contribution in [2.24, 2.45) is 5.92 Å². The summed E-state index contributed by atoms with van der Waals surface area (Å²) in [4.78, 5) is 22.7. The van der Waals surface area contributed by atoms with Gasteiger partial charge in [-0.25, -0.2) is 12.8 Å². The molecule has 2 fully saturated rings. The molecule has 0 radical (unpaired) electrons. The highest BCUT2D eigenvalue weighted by molar-refractivity contribution is 7.89. The van der Waals surface area contributed by atoms with E-state index in [4.69, 9.17) is 0 Å². The molecule has 7 nitrogen and oxygen atoms in total. The Kier molecular flexibility index (Phi) is 4.46. The average molecular weight is 396 g/mol. The number of hydrogen-bond donors (Lipinski definition) is 2. The second-order valence-electron chi connectivity index (χ2n) is 7.52. The summed E-state index contributed by atoms with van der Waals surface area (Å²) >= 11 is 0. The SMILES string of the molecule is O=C1CCc2cc(S(=O)(=O)N3C(C(=O)O)CC4CCCCC43)c(F)cc2N1. The number of benzene rings is 1. The third kappa shape index (κ3) is 3.02. The molecule has 2 N–H and O–H groups in total. The quantitative estimate of drug-likeness (QED) is 0.814. The van der Waals surface area contributed by atoms with Gasteiger partial charge in [-0.2, -0.15) is 4.31 Å². The van der Waals surface area contributed by atoms with Crippen molar-refractivity contribution in [1.82, 2.24) is 4.31 Å². The zero-order chi connectivity index (χ0) is 19.3. The number of fused-ring (bicyclic) bond motifs is 2. The van der Waals surface area contributed by atoms with Gasteiger partial charge in [0, 0.05) is 18.2 Å². The molecular weight excluding hydrogens is 375 g/mol. The molecule has 3 atom stereocenters. The number of nitrogens with zero attached hydrogens (tertiary/aromatic N) is 1. The summed E-state index contributed by atoms with van der Waals surface area (Å²) in [5.41, 5.74) is 0.815. The molecule has 1 aromatic rings. The van der Waals surface area contributed by atoms with Crippen LogP contribution in [-0.2, 0) is 26.0 Å². The molecule has 1 amide bonds. The molecule has 3 unspecified atom stereocenters. The van der Waals surface area contributed by atoms with E-state index in [0.717, 1.165) is 29.6 Å². The highest BCUT2D eigenvalue weighted by Crippen LogP contribution is 2.43. The second kappa shape index (κ2) is 6.56. The number of hydrogen-bond acceptors (Lipinski definition) is 4. The molecule has 0 spiro atoms. The van der Waals surface area contributed by atoms with Gasteiger partial charge >= 0.3 is 5.97 Å². The van der Waals surface area contributed by atoms with Gasteiger partial charge in [-0.05, 0) is 49.3 Å². The molecule has 9 heteroatoms. The van der Waals surface area contributed by atoms with Crippen LogP contribution in [0.5, 0.6) is 0 Å². The maximum absolute atomic E-state index is 14.7. The molecule has 0 aromatic heterocycles. The van der Waals surface area contributed by atoms with Crippen molar-refractivity contribution in [3.8, 4) is 0 Å². The number of aryl methyl sites for hydroxylation is 1. The van der Waals surface area contributed by atoms with Crippen LogP contribution < -0.4 is 5.32 Å². The zero-order valence-electron chi connectivity index (χ0n) is 14.7. The average Bonchev–Trinajstić information content (AvgIpc) is 3.01. The smallest absolute Gasteiger partial charge is 0.322 e. The minimum absolute atomic E-state index is 0.00500. The molecule has 2 heterocycles. The Morgan fingerprint density at radius 1 is 1.22 bits per heavy atom. The number of anilines is 1. The van der Waals surface area contributed by atoms with E-state index < -0.39 is 38.8 Å². The van der Waals surface area contributed by atoms with Crippen LogP contribution in [-0.4, -0.2) is 41.8 Å². The van der Waals surface area contributed by atoms with Gasteiger partial charge in [0.15, 0.2) is 0 Å².